The zero-order chi connectivity index (χ0) is 7.68. The zero-order valence-corrected chi connectivity index (χ0v) is 6.75. The molecule has 0 amide bonds. The van der Waals surface area contributed by atoms with Crippen molar-refractivity contribution in [3.63, 3.8) is 0 Å². The molecule has 0 atom stereocenters. The molecule has 2 nitrogen and oxygen atoms in total. The minimum atomic E-state index is 1.22. The molecule has 0 bridgehead atoms. The van der Waals surface area contributed by atoms with Crippen molar-refractivity contribution in [2.75, 3.05) is 0 Å². The molecule has 1 aromatic heterocycles. The summed E-state index contributed by atoms with van der Waals surface area (Å²) in [7, 11) is 1.99. The number of hydrogen-bond donors (Lipinski definition) is 0. The van der Waals surface area contributed by atoms with Crippen LogP contribution in [0.1, 0.15) is 25.0 Å². The van der Waals surface area contributed by atoms with Crippen LogP contribution in [-0.2, 0) is 7.05 Å². The van der Waals surface area contributed by atoms with Crippen LogP contribution >= 0.6 is 0 Å². The maximum Gasteiger partial charge on any atom is 0.0635 e. The third-order valence-electron chi connectivity index (χ3n) is 2.19. The van der Waals surface area contributed by atoms with E-state index in [1.807, 2.05) is 17.9 Å². The highest BCUT2D eigenvalue weighted by Crippen LogP contribution is 2.26. The summed E-state index contributed by atoms with van der Waals surface area (Å²) in [5.41, 5.74) is 2.74. The molecule has 0 fully saturated rings. The number of aryl methyl sites for hydroxylation is 1. The molecule has 0 aromatic carbocycles. The molecule has 0 saturated carbocycles. The molecular formula is C9H12N2. The maximum absolute atomic E-state index is 4.14. The summed E-state index contributed by atoms with van der Waals surface area (Å²) < 4.78 is 1.94. The monoisotopic (exact) mass is 148 g/mol. The predicted molar refractivity (Wildman–Crippen MR) is 45.0 cm³/mol. The summed E-state index contributed by atoms with van der Waals surface area (Å²) in [5.74, 6) is 0. The Morgan fingerprint density at radius 3 is 3.00 bits per heavy atom. The van der Waals surface area contributed by atoms with Gasteiger partial charge in [-0.1, -0.05) is 6.08 Å². The number of rotatable bonds is 1. The summed E-state index contributed by atoms with van der Waals surface area (Å²) in [4.78, 5) is 0. The molecule has 0 spiro atoms. The molecule has 0 unspecified atom stereocenters. The summed E-state index contributed by atoms with van der Waals surface area (Å²) in [6.07, 6.45) is 7.94. The van der Waals surface area contributed by atoms with E-state index >= 15 is 0 Å². The standard InChI is InChI=1S/C9H12N2/c1-11-9(6-7-10-11)8-4-2-3-5-8/h4,6-7H,2-3,5H2,1H3. The van der Waals surface area contributed by atoms with Gasteiger partial charge in [0.2, 0.25) is 0 Å². The average molecular weight is 148 g/mol. The number of nitrogens with zero attached hydrogens (tertiary/aromatic N) is 2. The first-order valence-corrected chi connectivity index (χ1v) is 4.05. The molecule has 11 heavy (non-hydrogen) atoms. The summed E-state index contributed by atoms with van der Waals surface area (Å²) in [6.45, 7) is 0. The van der Waals surface area contributed by atoms with Crippen LogP contribution in [0.25, 0.3) is 5.57 Å². The lowest BCUT2D eigenvalue weighted by atomic mass is 10.2. The Bertz CT molecular complexity index is 284. The maximum atomic E-state index is 4.14. The highest BCUT2D eigenvalue weighted by atomic mass is 15.3. The van der Waals surface area contributed by atoms with Crippen molar-refractivity contribution in [2.45, 2.75) is 19.3 Å². The lowest BCUT2D eigenvalue weighted by Gasteiger charge is -2.00. The van der Waals surface area contributed by atoms with Gasteiger partial charge >= 0.3 is 0 Å². The van der Waals surface area contributed by atoms with Gasteiger partial charge in [-0.3, -0.25) is 4.68 Å². The van der Waals surface area contributed by atoms with Gasteiger partial charge in [0.15, 0.2) is 0 Å². The quantitative estimate of drug-likeness (QED) is 0.595. The van der Waals surface area contributed by atoms with E-state index in [0.29, 0.717) is 0 Å². The topological polar surface area (TPSA) is 17.8 Å². The number of hydrogen-bond acceptors (Lipinski definition) is 1. The first kappa shape index (κ1) is 6.65. The van der Waals surface area contributed by atoms with Gasteiger partial charge < -0.3 is 0 Å². The molecule has 0 aliphatic heterocycles. The molecule has 0 saturated heterocycles. The average Bonchev–Trinajstić information content (AvgIpc) is 2.55. The second kappa shape index (κ2) is 2.53. The molecule has 0 N–H and O–H groups in total. The molecule has 58 valence electrons. The molecule has 1 aromatic rings. The van der Waals surface area contributed by atoms with Crippen molar-refractivity contribution in [3.05, 3.63) is 24.0 Å². The molecule has 1 aliphatic carbocycles. The summed E-state index contributed by atoms with van der Waals surface area (Å²) in [5, 5.41) is 4.14. The lowest BCUT2D eigenvalue weighted by Crippen LogP contribution is -1.95. The van der Waals surface area contributed by atoms with Crippen LogP contribution in [0.4, 0.5) is 0 Å². The van der Waals surface area contributed by atoms with Gasteiger partial charge in [-0.25, -0.2) is 0 Å². The fraction of sp³-hybridized carbons (Fsp3) is 0.444. The lowest BCUT2D eigenvalue weighted by molar-refractivity contribution is 0.752. The van der Waals surface area contributed by atoms with Crippen LogP contribution in [0.5, 0.6) is 0 Å². The minimum absolute atomic E-state index is 1.22. The molecule has 2 rings (SSSR count). The second-order valence-electron chi connectivity index (χ2n) is 2.96. The van der Waals surface area contributed by atoms with Crippen LogP contribution < -0.4 is 0 Å². The van der Waals surface area contributed by atoms with Crippen molar-refractivity contribution in [1.82, 2.24) is 9.78 Å². The van der Waals surface area contributed by atoms with Gasteiger partial charge in [0.05, 0.1) is 5.69 Å². The molecule has 1 aliphatic rings. The first-order chi connectivity index (χ1) is 5.38. The van der Waals surface area contributed by atoms with Gasteiger partial charge in [-0.2, -0.15) is 5.10 Å². The van der Waals surface area contributed by atoms with Gasteiger partial charge in [0.1, 0.15) is 0 Å². The predicted octanol–water partition coefficient (Wildman–Crippen LogP) is 1.99. The highest BCUT2D eigenvalue weighted by Gasteiger charge is 2.09. The van der Waals surface area contributed by atoms with E-state index in [1.54, 1.807) is 0 Å². The van der Waals surface area contributed by atoms with Crippen LogP contribution in [0, 0.1) is 0 Å². The Morgan fingerprint density at radius 1 is 1.55 bits per heavy atom. The van der Waals surface area contributed by atoms with E-state index in [9.17, 15) is 0 Å². The van der Waals surface area contributed by atoms with E-state index in [0.717, 1.165) is 0 Å². The SMILES string of the molecule is Cn1nccc1C1=CCCC1. The van der Waals surface area contributed by atoms with E-state index < -0.39 is 0 Å². The number of aromatic nitrogens is 2. The zero-order valence-electron chi connectivity index (χ0n) is 6.75. The van der Waals surface area contributed by atoms with E-state index in [-0.39, 0.29) is 0 Å². The Morgan fingerprint density at radius 2 is 2.45 bits per heavy atom. The molecule has 0 radical (unpaired) electrons. The van der Waals surface area contributed by atoms with Crippen molar-refractivity contribution in [1.29, 1.82) is 0 Å². The Hall–Kier alpha value is -1.05. The molecule has 1 heterocycles. The van der Waals surface area contributed by atoms with Crippen LogP contribution in [0.15, 0.2) is 18.3 Å². The second-order valence-corrected chi connectivity index (χ2v) is 2.96. The molecular weight excluding hydrogens is 136 g/mol. The Kier molecular flexibility index (Phi) is 1.53. The first-order valence-electron chi connectivity index (χ1n) is 4.05. The van der Waals surface area contributed by atoms with Crippen molar-refractivity contribution in [3.8, 4) is 0 Å². The van der Waals surface area contributed by atoms with Crippen LogP contribution in [0.3, 0.4) is 0 Å². The fourth-order valence-electron chi connectivity index (χ4n) is 1.59. The van der Waals surface area contributed by atoms with E-state index in [4.69, 9.17) is 0 Å². The summed E-state index contributed by atoms with van der Waals surface area (Å²) >= 11 is 0. The fourth-order valence-corrected chi connectivity index (χ4v) is 1.59. The van der Waals surface area contributed by atoms with Crippen molar-refractivity contribution >= 4 is 5.57 Å². The van der Waals surface area contributed by atoms with Gasteiger partial charge in [-0.05, 0) is 30.9 Å². The number of allylic oxidation sites excluding steroid dienone is 2. The third-order valence-corrected chi connectivity index (χ3v) is 2.19. The van der Waals surface area contributed by atoms with Crippen molar-refractivity contribution in [2.24, 2.45) is 7.05 Å². The van der Waals surface area contributed by atoms with E-state index in [1.165, 1.54) is 30.5 Å². The van der Waals surface area contributed by atoms with Gasteiger partial charge in [0, 0.05) is 13.2 Å². The van der Waals surface area contributed by atoms with Crippen LogP contribution in [0.2, 0.25) is 0 Å². The minimum Gasteiger partial charge on any atom is -0.268 e. The molecule has 2 heteroatoms. The Labute approximate surface area is 66.5 Å². The normalized spacial score (nSPS) is 17.0. The van der Waals surface area contributed by atoms with E-state index in [2.05, 4.69) is 17.2 Å². The van der Waals surface area contributed by atoms with Crippen molar-refractivity contribution < 1.29 is 0 Å². The largest absolute Gasteiger partial charge is 0.268 e. The van der Waals surface area contributed by atoms with Crippen LogP contribution in [-0.4, -0.2) is 9.78 Å². The summed E-state index contributed by atoms with van der Waals surface area (Å²) in [6, 6.07) is 2.08. The van der Waals surface area contributed by atoms with Gasteiger partial charge in [-0.15, -0.1) is 0 Å². The smallest absolute Gasteiger partial charge is 0.0635 e. The Balaban J connectivity index is 2.35. The highest BCUT2D eigenvalue weighted by molar-refractivity contribution is 5.64. The third kappa shape index (κ3) is 1.09. The van der Waals surface area contributed by atoms with Gasteiger partial charge in [0.25, 0.3) is 0 Å².